The standard InChI is InChI=1S/C15H11F2N3O3S/c16-14(17)23-8-1-2-10-11(5-8)20-15(19-10)24-7-12-9(6-21)13(22)3-4-18-12/h1-6,14H,7H2,(H,18,22)(H,19,20). The van der Waals surface area contributed by atoms with Crippen molar-refractivity contribution in [1.82, 2.24) is 15.0 Å². The first-order valence-corrected chi connectivity index (χ1v) is 7.78. The van der Waals surface area contributed by atoms with Crippen molar-refractivity contribution in [2.24, 2.45) is 0 Å². The Hall–Kier alpha value is -2.68. The molecule has 0 unspecified atom stereocenters. The number of aromatic nitrogens is 3. The predicted octanol–water partition coefficient (Wildman–Crippen LogP) is 2.96. The molecular weight excluding hydrogens is 340 g/mol. The van der Waals surface area contributed by atoms with Gasteiger partial charge >= 0.3 is 6.61 Å². The van der Waals surface area contributed by atoms with E-state index in [4.69, 9.17) is 0 Å². The number of alkyl halides is 2. The third-order valence-corrected chi connectivity index (χ3v) is 4.11. The van der Waals surface area contributed by atoms with Crippen LogP contribution in [0.15, 0.2) is 40.4 Å². The second-order valence-corrected chi connectivity index (χ2v) is 5.70. The summed E-state index contributed by atoms with van der Waals surface area (Å²) < 4.78 is 28.8. The van der Waals surface area contributed by atoms with Crippen LogP contribution in [0.25, 0.3) is 11.0 Å². The highest BCUT2D eigenvalue weighted by atomic mass is 32.2. The molecule has 2 N–H and O–H groups in total. The van der Waals surface area contributed by atoms with Gasteiger partial charge in [0.2, 0.25) is 0 Å². The van der Waals surface area contributed by atoms with Crippen LogP contribution in [0, 0.1) is 0 Å². The van der Waals surface area contributed by atoms with Crippen molar-refractivity contribution in [2.45, 2.75) is 17.5 Å². The van der Waals surface area contributed by atoms with E-state index < -0.39 is 6.61 Å². The van der Waals surface area contributed by atoms with Crippen LogP contribution >= 0.6 is 11.8 Å². The Labute approximate surface area is 138 Å². The molecule has 0 radical (unpaired) electrons. The average molecular weight is 351 g/mol. The maximum Gasteiger partial charge on any atom is 0.387 e. The molecule has 2 aromatic heterocycles. The molecule has 2 heterocycles. The summed E-state index contributed by atoms with van der Waals surface area (Å²) in [6.45, 7) is -2.89. The van der Waals surface area contributed by atoms with Crippen LogP contribution in [-0.4, -0.2) is 27.8 Å². The molecule has 0 saturated carbocycles. The highest BCUT2D eigenvalue weighted by molar-refractivity contribution is 7.98. The summed E-state index contributed by atoms with van der Waals surface area (Å²) >= 11 is 1.27. The summed E-state index contributed by atoms with van der Waals surface area (Å²) in [7, 11) is 0. The lowest BCUT2D eigenvalue weighted by Gasteiger charge is -2.02. The summed E-state index contributed by atoms with van der Waals surface area (Å²) in [4.78, 5) is 32.7. The van der Waals surface area contributed by atoms with E-state index in [1.807, 2.05) is 0 Å². The fourth-order valence-electron chi connectivity index (χ4n) is 2.13. The highest BCUT2D eigenvalue weighted by Crippen LogP contribution is 2.25. The van der Waals surface area contributed by atoms with Crippen molar-refractivity contribution in [1.29, 1.82) is 0 Å². The van der Waals surface area contributed by atoms with Crippen LogP contribution in [0.2, 0.25) is 0 Å². The van der Waals surface area contributed by atoms with Crippen molar-refractivity contribution in [3.8, 4) is 5.75 Å². The third-order valence-electron chi connectivity index (χ3n) is 3.21. The van der Waals surface area contributed by atoms with Crippen molar-refractivity contribution in [3.63, 3.8) is 0 Å². The number of ether oxygens (including phenoxy) is 1. The van der Waals surface area contributed by atoms with E-state index in [1.165, 1.54) is 36.2 Å². The Morgan fingerprint density at radius 1 is 1.33 bits per heavy atom. The van der Waals surface area contributed by atoms with Gasteiger partial charge in [-0.3, -0.25) is 9.59 Å². The molecule has 0 bridgehead atoms. The second-order valence-electron chi connectivity index (χ2n) is 4.74. The van der Waals surface area contributed by atoms with Gasteiger partial charge in [0, 0.05) is 29.8 Å². The number of thioether (sulfide) groups is 1. The van der Waals surface area contributed by atoms with Crippen molar-refractivity contribution < 1.29 is 18.3 Å². The van der Waals surface area contributed by atoms with Gasteiger partial charge in [-0.15, -0.1) is 0 Å². The summed E-state index contributed by atoms with van der Waals surface area (Å²) in [5.74, 6) is 0.359. The first-order valence-electron chi connectivity index (χ1n) is 6.80. The Morgan fingerprint density at radius 2 is 2.17 bits per heavy atom. The molecule has 0 aliphatic carbocycles. The molecule has 0 spiro atoms. The molecule has 3 rings (SSSR count). The number of carbonyl (C=O) groups is 1. The molecular formula is C15H11F2N3O3S. The minimum absolute atomic E-state index is 0.0355. The Kier molecular flexibility index (Phi) is 4.61. The van der Waals surface area contributed by atoms with Crippen LogP contribution in [0.4, 0.5) is 8.78 Å². The van der Waals surface area contributed by atoms with E-state index >= 15 is 0 Å². The van der Waals surface area contributed by atoms with Crippen LogP contribution in [0.1, 0.15) is 16.1 Å². The van der Waals surface area contributed by atoms with E-state index in [0.717, 1.165) is 0 Å². The number of aromatic amines is 2. The van der Waals surface area contributed by atoms with Gasteiger partial charge in [-0.05, 0) is 12.1 Å². The number of imidazole rings is 1. The molecule has 0 saturated heterocycles. The molecule has 0 aliphatic heterocycles. The summed E-state index contributed by atoms with van der Waals surface area (Å²) in [6.07, 6.45) is 1.99. The van der Waals surface area contributed by atoms with E-state index in [2.05, 4.69) is 19.7 Å². The SMILES string of the molecule is O=Cc1c(CSc2nc3ccc(OC(F)F)cc3[nH]2)[nH]ccc1=O. The average Bonchev–Trinajstić information content (AvgIpc) is 2.94. The highest BCUT2D eigenvalue weighted by Gasteiger charge is 2.10. The third kappa shape index (κ3) is 3.46. The van der Waals surface area contributed by atoms with Gasteiger partial charge in [0.15, 0.2) is 16.9 Å². The molecule has 3 aromatic rings. The maximum absolute atomic E-state index is 12.2. The molecule has 0 atom stereocenters. The fraction of sp³-hybridized carbons (Fsp3) is 0.133. The largest absolute Gasteiger partial charge is 0.435 e. The smallest absolute Gasteiger partial charge is 0.387 e. The molecule has 0 aliphatic rings. The first kappa shape index (κ1) is 16.2. The van der Waals surface area contributed by atoms with Gasteiger partial charge in [0.1, 0.15) is 5.75 Å². The number of halogens is 2. The van der Waals surface area contributed by atoms with E-state index in [1.54, 1.807) is 6.07 Å². The normalized spacial score (nSPS) is 11.1. The molecule has 124 valence electrons. The van der Waals surface area contributed by atoms with Crippen LogP contribution in [-0.2, 0) is 5.75 Å². The second kappa shape index (κ2) is 6.83. The van der Waals surface area contributed by atoms with Gasteiger partial charge < -0.3 is 14.7 Å². The molecule has 0 amide bonds. The van der Waals surface area contributed by atoms with Gasteiger partial charge in [0.05, 0.1) is 16.6 Å². The maximum atomic E-state index is 12.2. The Morgan fingerprint density at radius 3 is 2.92 bits per heavy atom. The zero-order valence-electron chi connectivity index (χ0n) is 12.1. The van der Waals surface area contributed by atoms with Crippen LogP contribution < -0.4 is 10.2 Å². The lowest BCUT2D eigenvalue weighted by molar-refractivity contribution is -0.0497. The first-order chi connectivity index (χ1) is 11.6. The minimum atomic E-state index is -2.89. The topological polar surface area (TPSA) is 87.8 Å². The van der Waals surface area contributed by atoms with E-state index in [0.29, 0.717) is 33.9 Å². The molecule has 0 fully saturated rings. The van der Waals surface area contributed by atoms with E-state index in [-0.39, 0.29) is 16.7 Å². The number of H-pyrrole nitrogens is 2. The van der Waals surface area contributed by atoms with Gasteiger partial charge in [-0.2, -0.15) is 8.78 Å². The van der Waals surface area contributed by atoms with Gasteiger partial charge in [0.25, 0.3) is 0 Å². The molecule has 1 aromatic carbocycles. The number of benzene rings is 1. The van der Waals surface area contributed by atoms with E-state index in [9.17, 15) is 18.4 Å². The number of hydrogen-bond acceptors (Lipinski definition) is 5. The Balaban J connectivity index is 1.80. The Bertz CT molecular complexity index is 939. The fourth-order valence-corrected chi connectivity index (χ4v) is 3.00. The number of pyridine rings is 1. The summed E-state index contributed by atoms with van der Waals surface area (Å²) in [5, 5.41) is 0.528. The minimum Gasteiger partial charge on any atom is -0.435 e. The summed E-state index contributed by atoms with van der Waals surface area (Å²) in [6, 6.07) is 5.68. The molecule has 6 nitrogen and oxygen atoms in total. The van der Waals surface area contributed by atoms with Crippen molar-refractivity contribution in [2.75, 3.05) is 0 Å². The lowest BCUT2D eigenvalue weighted by atomic mass is 10.2. The van der Waals surface area contributed by atoms with Gasteiger partial charge in [-0.25, -0.2) is 4.98 Å². The van der Waals surface area contributed by atoms with Crippen molar-refractivity contribution in [3.05, 3.63) is 51.9 Å². The number of aldehydes is 1. The number of hydrogen-bond donors (Lipinski definition) is 2. The van der Waals surface area contributed by atoms with Gasteiger partial charge in [-0.1, -0.05) is 11.8 Å². The van der Waals surface area contributed by atoms with Crippen LogP contribution in [0.5, 0.6) is 5.75 Å². The summed E-state index contributed by atoms with van der Waals surface area (Å²) in [5.41, 5.74) is 1.36. The molecule has 24 heavy (non-hydrogen) atoms. The number of rotatable bonds is 6. The number of nitrogens with zero attached hydrogens (tertiary/aromatic N) is 1. The number of fused-ring (bicyclic) bond motifs is 1. The zero-order chi connectivity index (χ0) is 17.1. The molecule has 9 heteroatoms. The van der Waals surface area contributed by atoms with Crippen molar-refractivity contribution >= 4 is 29.1 Å². The predicted molar refractivity (Wildman–Crippen MR) is 84.7 cm³/mol. The van der Waals surface area contributed by atoms with Crippen LogP contribution in [0.3, 0.4) is 0 Å². The quantitative estimate of drug-likeness (QED) is 0.527. The number of nitrogens with one attached hydrogen (secondary N) is 2. The number of carbonyl (C=O) groups excluding carboxylic acids is 1. The lowest BCUT2D eigenvalue weighted by Crippen LogP contribution is -2.11. The zero-order valence-corrected chi connectivity index (χ0v) is 12.9. The monoisotopic (exact) mass is 351 g/mol.